The molecule has 0 radical (unpaired) electrons. The number of ether oxygens (including phenoxy) is 1. The van der Waals surface area contributed by atoms with E-state index < -0.39 is 17.5 Å². The van der Waals surface area contributed by atoms with Gasteiger partial charge < -0.3 is 14.6 Å². The maximum Gasteiger partial charge on any atom is 0.254 e. The summed E-state index contributed by atoms with van der Waals surface area (Å²) in [5, 5.41) is 0. The normalized spacial score (nSPS) is 18.5. The van der Waals surface area contributed by atoms with Crippen LogP contribution in [0.5, 0.6) is 0 Å². The number of aromatic amines is 1. The van der Waals surface area contributed by atoms with Crippen LogP contribution in [0.1, 0.15) is 28.0 Å². The van der Waals surface area contributed by atoms with E-state index in [-0.39, 0.29) is 18.2 Å². The lowest BCUT2D eigenvalue weighted by molar-refractivity contribution is -0.0265. The minimum Gasteiger partial charge on any atom is -0.367 e. The summed E-state index contributed by atoms with van der Waals surface area (Å²) in [6, 6.07) is 2.81. The van der Waals surface area contributed by atoms with Gasteiger partial charge in [0.25, 0.3) is 5.91 Å². The van der Waals surface area contributed by atoms with Gasteiger partial charge in [0, 0.05) is 30.1 Å². The molecule has 1 aliphatic heterocycles. The second-order valence-corrected chi connectivity index (χ2v) is 5.22. The molecule has 1 fully saturated rings. The SMILES string of the molecule is Cc1cnc(C2CN(C(=O)c3cc(F)cc(F)c3)CCO2)[nH]1. The fourth-order valence-corrected chi connectivity index (χ4v) is 2.46. The van der Waals surface area contributed by atoms with Gasteiger partial charge in [0.15, 0.2) is 0 Å². The van der Waals surface area contributed by atoms with E-state index >= 15 is 0 Å². The average molecular weight is 307 g/mol. The number of aryl methyl sites for hydroxylation is 1. The van der Waals surface area contributed by atoms with E-state index in [0.717, 1.165) is 23.9 Å². The van der Waals surface area contributed by atoms with Crippen LogP contribution in [-0.4, -0.2) is 40.5 Å². The number of benzene rings is 1. The largest absolute Gasteiger partial charge is 0.367 e. The van der Waals surface area contributed by atoms with Crippen molar-refractivity contribution in [2.24, 2.45) is 0 Å². The summed E-state index contributed by atoms with van der Waals surface area (Å²) >= 11 is 0. The highest BCUT2D eigenvalue weighted by Gasteiger charge is 2.28. The molecule has 5 nitrogen and oxygen atoms in total. The van der Waals surface area contributed by atoms with Gasteiger partial charge in [-0.2, -0.15) is 0 Å². The fraction of sp³-hybridized carbons (Fsp3) is 0.333. The number of nitrogens with one attached hydrogen (secondary N) is 1. The molecule has 1 aromatic carbocycles. The molecule has 1 unspecified atom stereocenters. The summed E-state index contributed by atoms with van der Waals surface area (Å²) in [5.41, 5.74) is 0.892. The molecule has 1 N–H and O–H groups in total. The van der Waals surface area contributed by atoms with Gasteiger partial charge in [0.05, 0.1) is 13.2 Å². The van der Waals surface area contributed by atoms with E-state index in [1.54, 1.807) is 6.20 Å². The Balaban J connectivity index is 1.77. The second-order valence-electron chi connectivity index (χ2n) is 5.22. The number of morpholine rings is 1. The minimum atomic E-state index is -0.769. The van der Waals surface area contributed by atoms with Crippen molar-refractivity contribution in [2.45, 2.75) is 13.0 Å². The van der Waals surface area contributed by atoms with Gasteiger partial charge in [-0.1, -0.05) is 0 Å². The zero-order chi connectivity index (χ0) is 15.7. The van der Waals surface area contributed by atoms with Crippen LogP contribution in [0.15, 0.2) is 24.4 Å². The Morgan fingerprint density at radius 2 is 2.09 bits per heavy atom. The Morgan fingerprint density at radius 3 is 2.73 bits per heavy atom. The Hall–Kier alpha value is -2.28. The quantitative estimate of drug-likeness (QED) is 0.925. The monoisotopic (exact) mass is 307 g/mol. The number of hydrogen-bond donors (Lipinski definition) is 1. The van der Waals surface area contributed by atoms with E-state index in [2.05, 4.69) is 9.97 Å². The van der Waals surface area contributed by atoms with Crippen LogP contribution in [0.3, 0.4) is 0 Å². The number of carbonyl (C=O) groups is 1. The molecule has 1 saturated heterocycles. The van der Waals surface area contributed by atoms with E-state index in [1.807, 2.05) is 6.92 Å². The van der Waals surface area contributed by atoms with Crippen molar-refractivity contribution in [3.05, 3.63) is 53.1 Å². The molecule has 1 aliphatic rings. The number of hydrogen-bond acceptors (Lipinski definition) is 3. The van der Waals surface area contributed by atoms with Crippen molar-refractivity contribution in [3.63, 3.8) is 0 Å². The molecule has 3 rings (SSSR count). The predicted octanol–water partition coefficient (Wildman–Crippen LogP) is 2.21. The lowest BCUT2D eigenvalue weighted by Gasteiger charge is -2.32. The number of imidazole rings is 1. The van der Waals surface area contributed by atoms with Crippen LogP contribution in [0, 0.1) is 18.6 Å². The summed E-state index contributed by atoms with van der Waals surface area (Å²) in [7, 11) is 0. The van der Waals surface area contributed by atoms with E-state index in [9.17, 15) is 13.6 Å². The molecule has 0 spiro atoms. The third-order valence-electron chi connectivity index (χ3n) is 3.49. The number of halogens is 2. The van der Waals surface area contributed by atoms with Crippen LogP contribution >= 0.6 is 0 Å². The first kappa shape index (κ1) is 14.6. The van der Waals surface area contributed by atoms with Gasteiger partial charge in [-0.3, -0.25) is 4.79 Å². The van der Waals surface area contributed by atoms with Gasteiger partial charge in [-0.25, -0.2) is 13.8 Å². The van der Waals surface area contributed by atoms with Gasteiger partial charge in [-0.15, -0.1) is 0 Å². The highest BCUT2D eigenvalue weighted by molar-refractivity contribution is 5.94. The number of nitrogens with zero attached hydrogens (tertiary/aromatic N) is 2. The molecule has 1 aromatic heterocycles. The lowest BCUT2D eigenvalue weighted by Crippen LogP contribution is -2.42. The van der Waals surface area contributed by atoms with Crippen molar-refractivity contribution in [2.75, 3.05) is 19.7 Å². The van der Waals surface area contributed by atoms with Crippen LogP contribution in [0.25, 0.3) is 0 Å². The topological polar surface area (TPSA) is 58.2 Å². The van der Waals surface area contributed by atoms with Crippen LogP contribution in [-0.2, 0) is 4.74 Å². The first-order valence-corrected chi connectivity index (χ1v) is 6.91. The number of amides is 1. The molecule has 2 aromatic rings. The minimum absolute atomic E-state index is 0.00576. The van der Waals surface area contributed by atoms with Crippen molar-refractivity contribution in [1.29, 1.82) is 0 Å². The standard InChI is InChI=1S/C15H15F2N3O2/c1-9-7-18-14(19-9)13-8-20(2-3-22-13)15(21)10-4-11(16)6-12(17)5-10/h4-7,13H,2-3,8H2,1H3,(H,18,19). The highest BCUT2D eigenvalue weighted by atomic mass is 19.1. The Bertz CT molecular complexity index is 682. The van der Waals surface area contributed by atoms with Crippen LogP contribution < -0.4 is 0 Å². The number of rotatable bonds is 2. The highest BCUT2D eigenvalue weighted by Crippen LogP contribution is 2.21. The van der Waals surface area contributed by atoms with E-state index in [4.69, 9.17) is 4.74 Å². The molecule has 7 heteroatoms. The Morgan fingerprint density at radius 1 is 1.36 bits per heavy atom. The Labute approximate surface area is 125 Å². The smallest absolute Gasteiger partial charge is 0.254 e. The van der Waals surface area contributed by atoms with Crippen LogP contribution in [0.2, 0.25) is 0 Å². The third-order valence-corrected chi connectivity index (χ3v) is 3.49. The maximum atomic E-state index is 13.2. The third kappa shape index (κ3) is 2.99. The molecule has 22 heavy (non-hydrogen) atoms. The fourth-order valence-electron chi connectivity index (χ4n) is 2.46. The molecular formula is C15H15F2N3O2. The average Bonchev–Trinajstić information content (AvgIpc) is 2.92. The number of aromatic nitrogens is 2. The molecule has 116 valence electrons. The molecule has 0 aliphatic carbocycles. The first-order valence-electron chi connectivity index (χ1n) is 6.91. The summed E-state index contributed by atoms with van der Waals surface area (Å²) < 4.78 is 32.1. The second kappa shape index (κ2) is 5.84. The summed E-state index contributed by atoms with van der Waals surface area (Å²) in [6.07, 6.45) is 1.31. The van der Waals surface area contributed by atoms with Gasteiger partial charge >= 0.3 is 0 Å². The Kier molecular flexibility index (Phi) is 3.89. The van der Waals surface area contributed by atoms with Crippen molar-refractivity contribution < 1.29 is 18.3 Å². The van der Waals surface area contributed by atoms with Crippen molar-refractivity contribution >= 4 is 5.91 Å². The summed E-state index contributed by atoms with van der Waals surface area (Å²) in [6.45, 7) is 2.86. The molecule has 0 bridgehead atoms. The maximum absolute atomic E-state index is 13.2. The van der Waals surface area contributed by atoms with Crippen molar-refractivity contribution in [3.8, 4) is 0 Å². The van der Waals surface area contributed by atoms with E-state index in [1.165, 1.54) is 4.90 Å². The van der Waals surface area contributed by atoms with Crippen molar-refractivity contribution in [1.82, 2.24) is 14.9 Å². The van der Waals surface area contributed by atoms with Gasteiger partial charge in [-0.05, 0) is 19.1 Å². The lowest BCUT2D eigenvalue weighted by atomic mass is 10.1. The molecule has 1 amide bonds. The van der Waals surface area contributed by atoms with Gasteiger partial charge in [0.1, 0.15) is 23.6 Å². The summed E-state index contributed by atoms with van der Waals surface area (Å²) in [5.74, 6) is -1.32. The zero-order valence-corrected chi connectivity index (χ0v) is 12.0. The molecular weight excluding hydrogens is 292 g/mol. The van der Waals surface area contributed by atoms with E-state index in [0.29, 0.717) is 19.0 Å². The van der Waals surface area contributed by atoms with Gasteiger partial charge in [0.2, 0.25) is 0 Å². The molecule has 2 heterocycles. The zero-order valence-electron chi connectivity index (χ0n) is 12.0. The summed E-state index contributed by atoms with van der Waals surface area (Å²) in [4.78, 5) is 21.2. The molecule has 0 saturated carbocycles. The number of H-pyrrole nitrogens is 1. The first-order chi connectivity index (χ1) is 10.5. The predicted molar refractivity (Wildman–Crippen MR) is 74.3 cm³/mol. The number of carbonyl (C=O) groups excluding carboxylic acids is 1. The molecule has 1 atom stereocenters. The van der Waals surface area contributed by atoms with Crippen LogP contribution in [0.4, 0.5) is 8.78 Å².